The van der Waals surface area contributed by atoms with Gasteiger partial charge in [-0.05, 0) is 30.7 Å². The Morgan fingerprint density at radius 2 is 2.11 bits per heavy atom. The van der Waals surface area contributed by atoms with Gasteiger partial charge in [-0.15, -0.1) is 11.8 Å². The first kappa shape index (κ1) is 13.4. The molecule has 1 aromatic heterocycles. The Balaban J connectivity index is 1.94. The number of nitrogens with two attached hydrogens (primary N) is 1. The van der Waals surface area contributed by atoms with Crippen molar-refractivity contribution >= 4 is 23.4 Å². The summed E-state index contributed by atoms with van der Waals surface area (Å²) in [6, 6.07) is 7.47. The number of halogens is 1. The first-order valence-corrected chi connectivity index (χ1v) is 7.02. The Hall–Kier alpha value is -1.04. The third-order valence-corrected chi connectivity index (χ3v) is 3.68. The van der Waals surface area contributed by atoms with Crippen molar-refractivity contribution in [3.05, 3.63) is 41.0 Å². The first-order chi connectivity index (χ1) is 8.69. The van der Waals surface area contributed by atoms with Crippen molar-refractivity contribution in [3.8, 4) is 0 Å². The summed E-state index contributed by atoms with van der Waals surface area (Å²) in [7, 11) is 0. The summed E-state index contributed by atoms with van der Waals surface area (Å²) < 4.78 is 5.10. The molecule has 0 saturated heterocycles. The van der Waals surface area contributed by atoms with Gasteiger partial charge >= 0.3 is 0 Å². The maximum Gasteiger partial charge on any atom is 0.243 e. The Bertz CT molecular complexity index is 500. The molecule has 0 aliphatic heterocycles. The Labute approximate surface area is 115 Å². The Kier molecular flexibility index (Phi) is 4.63. The lowest BCUT2D eigenvalue weighted by atomic mass is 10.2. The van der Waals surface area contributed by atoms with Gasteiger partial charge in [-0.1, -0.05) is 23.7 Å². The second kappa shape index (κ2) is 6.22. The molecule has 0 aliphatic carbocycles. The van der Waals surface area contributed by atoms with E-state index in [1.165, 1.54) is 0 Å². The van der Waals surface area contributed by atoms with Crippen LogP contribution in [0.2, 0.25) is 5.02 Å². The number of hydrogen-bond donors (Lipinski definition) is 1. The highest BCUT2D eigenvalue weighted by Crippen LogP contribution is 2.23. The van der Waals surface area contributed by atoms with Gasteiger partial charge < -0.3 is 10.3 Å². The zero-order chi connectivity index (χ0) is 13.0. The molecule has 6 heteroatoms. The van der Waals surface area contributed by atoms with Gasteiger partial charge in [-0.25, -0.2) is 0 Å². The average molecular weight is 284 g/mol. The van der Waals surface area contributed by atoms with Crippen LogP contribution in [0.1, 0.15) is 31.1 Å². The second-order valence-electron chi connectivity index (χ2n) is 3.81. The third kappa shape index (κ3) is 3.48. The molecule has 1 aromatic carbocycles. The van der Waals surface area contributed by atoms with E-state index in [4.69, 9.17) is 21.9 Å². The van der Waals surface area contributed by atoms with Crippen LogP contribution in [0.3, 0.4) is 0 Å². The molecule has 18 heavy (non-hydrogen) atoms. The highest BCUT2D eigenvalue weighted by atomic mass is 35.5. The normalized spacial score (nSPS) is 12.6. The summed E-state index contributed by atoms with van der Waals surface area (Å²) in [6.07, 6.45) is 0.784. The molecule has 96 valence electrons. The standard InChI is InChI=1S/C12H14ClN3OS/c1-2-10(14)12-15-11(16-17-12)7-18-9-5-3-8(13)4-6-9/h3-6,10H,2,7,14H2,1H3/t10-/m1/s1. The molecule has 4 nitrogen and oxygen atoms in total. The summed E-state index contributed by atoms with van der Waals surface area (Å²) in [5.74, 6) is 1.82. The molecule has 2 aromatic rings. The van der Waals surface area contributed by atoms with Crippen LogP contribution in [0.15, 0.2) is 33.7 Å². The maximum atomic E-state index is 5.82. The van der Waals surface area contributed by atoms with Crippen molar-refractivity contribution in [1.82, 2.24) is 10.1 Å². The smallest absolute Gasteiger partial charge is 0.243 e. The summed E-state index contributed by atoms with van der Waals surface area (Å²) >= 11 is 7.45. The van der Waals surface area contributed by atoms with Crippen LogP contribution in [0, 0.1) is 0 Å². The average Bonchev–Trinajstić information content (AvgIpc) is 2.86. The van der Waals surface area contributed by atoms with Crippen LogP contribution in [0.25, 0.3) is 0 Å². The second-order valence-corrected chi connectivity index (χ2v) is 5.29. The van der Waals surface area contributed by atoms with Gasteiger partial charge in [-0.2, -0.15) is 4.98 Å². The summed E-state index contributed by atoms with van der Waals surface area (Å²) in [4.78, 5) is 5.38. The Morgan fingerprint density at radius 3 is 2.78 bits per heavy atom. The number of thioether (sulfide) groups is 1. The van der Waals surface area contributed by atoms with E-state index in [0.29, 0.717) is 17.5 Å². The van der Waals surface area contributed by atoms with Crippen molar-refractivity contribution in [3.63, 3.8) is 0 Å². The van der Waals surface area contributed by atoms with E-state index in [2.05, 4.69) is 10.1 Å². The fourth-order valence-corrected chi connectivity index (χ4v) is 2.20. The molecule has 0 fully saturated rings. The molecule has 1 atom stereocenters. The Morgan fingerprint density at radius 1 is 1.39 bits per heavy atom. The number of aromatic nitrogens is 2. The largest absolute Gasteiger partial charge is 0.338 e. The van der Waals surface area contributed by atoms with Crippen LogP contribution >= 0.6 is 23.4 Å². The molecule has 0 amide bonds. The molecule has 0 aliphatic rings. The van der Waals surface area contributed by atoms with Crippen molar-refractivity contribution in [1.29, 1.82) is 0 Å². The van der Waals surface area contributed by atoms with Gasteiger partial charge in [0, 0.05) is 9.92 Å². The van der Waals surface area contributed by atoms with E-state index in [0.717, 1.165) is 16.3 Å². The van der Waals surface area contributed by atoms with E-state index < -0.39 is 0 Å². The zero-order valence-corrected chi connectivity index (χ0v) is 11.5. The van der Waals surface area contributed by atoms with Gasteiger partial charge in [0.15, 0.2) is 5.82 Å². The van der Waals surface area contributed by atoms with E-state index in [1.54, 1.807) is 11.8 Å². The molecule has 0 unspecified atom stereocenters. The molecule has 2 rings (SSSR count). The van der Waals surface area contributed by atoms with Gasteiger partial charge in [0.1, 0.15) is 0 Å². The van der Waals surface area contributed by atoms with E-state index in [9.17, 15) is 0 Å². The summed E-state index contributed by atoms with van der Waals surface area (Å²) in [6.45, 7) is 1.98. The van der Waals surface area contributed by atoms with Crippen LogP contribution in [-0.4, -0.2) is 10.1 Å². The number of hydrogen-bond acceptors (Lipinski definition) is 5. The van der Waals surface area contributed by atoms with E-state index in [-0.39, 0.29) is 6.04 Å². The van der Waals surface area contributed by atoms with E-state index in [1.807, 2.05) is 31.2 Å². The zero-order valence-electron chi connectivity index (χ0n) is 9.97. The van der Waals surface area contributed by atoms with Gasteiger partial charge in [0.2, 0.25) is 5.89 Å². The minimum Gasteiger partial charge on any atom is -0.338 e. The summed E-state index contributed by atoms with van der Waals surface area (Å²) in [5.41, 5.74) is 5.81. The van der Waals surface area contributed by atoms with Crippen LogP contribution in [0.5, 0.6) is 0 Å². The lowest BCUT2D eigenvalue weighted by Crippen LogP contribution is -2.08. The van der Waals surface area contributed by atoms with Crippen LogP contribution in [-0.2, 0) is 5.75 Å². The van der Waals surface area contributed by atoms with Crippen molar-refractivity contribution in [2.75, 3.05) is 0 Å². The molecule has 1 heterocycles. The van der Waals surface area contributed by atoms with E-state index >= 15 is 0 Å². The van der Waals surface area contributed by atoms with Crippen LogP contribution in [0.4, 0.5) is 0 Å². The topological polar surface area (TPSA) is 64.9 Å². The fraction of sp³-hybridized carbons (Fsp3) is 0.333. The predicted molar refractivity (Wildman–Crippen MR) is 72.5 cm³/mol. The SMILES string of the molecule is CC[C@@H](N)c1nc(CSc2ccc(Cl)cc2)no1. The third-order valence-electron chi connectivity index (χ3n) is 2.42. The predicted octanol–water partition coefficient (Wildman–Crippen LogP) is 3.43. The van der Waals surface area contributed by atoms with Crippen LogP contribution < -0.4 is 5.73 Å². The fourth-order valence-electron chi connectivity index (χ4n) is 1.33. The highest BCUT2D eigenvalue weighted by molar-refractivity contribution is 7.98. The quantitative estimate of drug-likeness (QED) is 0.852. The van der Waals surface area contributed by atoms with Crippen molar-refractivity contribution < 1.29 is 4.52 Å². The molecule has 0 radical (unpaired) electrons. The number of nitrogens with zero attached hydrogens (tertiary/aromatic N) is 2. The van der Waals surface area contributed by atoms with Gasteiger partial charge in [0.25, 0.3) is 0 Å². The molecular weight excluding hydrogens is 270 g/mol. The molecule has 2 N–H and O–H groups in total. The lowest BCUT2D eigenvalue weighted by Gasteiger charge is -1.99. The minimum absolute atomic E-state index is 0.174. The summed E-state index contributed by atoms with van der Waals surface area (Å²) in [5, 5.41) is 4.64. The highest BCUT2D eigenvalue weighted by Gasteiger charge is 2.12. The first-order valence-electron chi connectivity index (χ1n) is 5.65. The number of rotatable bonds is 5. The molecule has 0 saturated carbocycles. The minimum atomic E-state index is -0.174. The maximum absolute atomic E-state index is 5.82. The van der Waals surface area contributed by atoms with Gasteiger partial charge in [-0.3, -0.25) is 0 Å². The lowest BCUT2D eigenvalue weighted by molar-refractivity contribution is 0.349. The molecule has 0 bridgehead atoms. The number of benzene rings is 1. The molecule has 0 spiro atoms. The van der Waals surface area contributed by atoms with Gasteiger partial charge in [0.05, 0.1) is 11.8 Å². The van der Waals surface area contributed by atoms with Crippen molar-refractivity contribution in [2.24, 2.45) is 5.73 Å². The monoisotopic (exact) mass is 283 g/mol. The molecular formula is C12H14ClN3OS. The van der Waals surface area contributed by atoms with Crippen molar-refractivity contribution in [2.45, 2.75) is 30.0 Å².